The Morgan fingerprint density at radius 2 is 2.04 bits per heavy atom. The van der Waals surface area contributed by atoms with E-state index in [2.05, 4.69) is 36.4 Å². The molecule has 1 aromatic rings. The summed E-state index contributed by atoms with van der Waals surface area (Å²) in [6.45, 7) is 11.2. The number of guanidine groups is 1. The summed E-state index contributed by atoms with van der Waals surface area (Å²) in [5.74, 6) is 2.22. The zero-order valence-electron chi connectivity index (χ0n) is 14.9. The van der Waals surface area contributed by atoms with Crippen LogP contribution < -0.4 is 15.4 Å². The van der Waals surface area contributed by atoms with Gasteiger partial charge in [0.25, 0.3) is 0 Å². The second kappa shape index (κ2) is 10.8. The maximum Gasteiger partial charge on any atom is 0.191 e. The Labute approximate surface area is 140 Å². The van der Waals surface area contributed by atoms with Gasteiger partial charge in [-0.3, -0.25) is 0 Å². The van der Waals surface area contributed by atoms with E-state index in [0.29, 0.717) is 18.9 Å². The lowest BCUT2D eigenvalue weighted by Crippen LogP contribution is -2.37. The summed E-state index contributed by atoms with van der Waals surface area (Å²) in [5.41, 5.74) is 1.01. The Hall–Kier alpha value is -1.91. The first-order valence-corrected chi connectivity index (χ1v) is 8.53. The van der Waals surface area contributed by atoms with Crippen molar-refractivity contribution >= 4 is 5.96 Å². The third-order valence-electron chi connectivity index (χ3n) is 3.34. The molecule has 0 saturated heterocycles. The molecule has 0 bridgehead atoms. The van der Waals surface area contributed by atoms with Gasteiger partial charge in [-0.2, -0.15) is 0 Å². The summed E-state index contributed by atoms with van der Waals surface area (Å²) in [6, 6.07) is 5.35. The normalized spacial score (nSPS) is 11.6. The Balaban J connectivity index is 2.60. The van der Waals surface area contributed by atoms with E-state index < -0.39 is 0 Å². The number of ether oxygens (including phenoxy) is 1. The van der Waals surface area contributed by atoms with E-state index in [4.69, 9.17) is 4.74 Å². The van der Waals surface area contributed by atoms with E-state index in [9.17, 15) is 5.11 Å². The van der Waals surface area contributed by atoms with Crippen LogP contribution in [-0.4, -0.2) is 30.8 Å². The summed E-state index contributed by atoms with van der Waals surface area (Å²) in [6.07, 6.45) is 2.35. The van der Waals surface area contributed by atoms with Crippen molar-refractivity contribution in [2.45, 2.75) is 47.1 Å². The van der Waals surface area contributed by atoms with Gasteiger partial charge in [-0.1, -0.05) is 19.9 Å². The molecule has 0 heterocycles. The van der Waals surface area contributed by atoms with Crippen LogP contribution >= 0.6 is 0 Å². The Morgan fingerprint density at radius 1 is 1.26 bits per heavy atom. The molecule has 5 nitrogen and oxygen atoms in total. The van der Waals surface area contributed by atoms with E-state index in [1.807, 2.05) is 19.1 Å². The molecule has 0 fully saturated rings. The van der Waals surface area contributed by atoms with Crippen molar-refractivity contribution in [2.24, 2.45) is 10.9 Å². The Kier molecular flexibility index (Phi) is 8.95. The molecule has 1 rings (SSSR count). The first-order valence-electron chi connectivity index (χ1n) is 8.53. The van der Waals surface area contributed by atoms with Gasteiger partial charge in [0.2, 0.25) is 0 Å². The highest BCUT2D eigenvalue weighted by molar-refractivity contribution is 5.79. The van der Waals surface area contributed by atoms with E-state index in [0.717, 1.165) is 37.0 Å². The molecule has 1 aromatic carbocycles. The monoisotopic (exact) mass is 321 g/mol. The largest absolute Gasteiger partial charge is 0.504 e. The molecule has 0 aliphatic rings. The molecular formula is C18H31N3O2. The molecule has 5 heteroatoms. The third-order valence-corrected chi connectivity index (χ3v) is 3.34. The number of benzene rings is 1. The molecule has 0 amide bonds. The minimum atomic E-state index is 0.165. The van der Waals surface area contributed by atoms with E-state index in [1.54, 1.807) is 6.07 Å². The maximum atomic E-state index is 9.73. The van der Waals surface area contributed by atoms with Crippen molar-refractivity contribution in [1.29, 1.82) is 0 Å². The average molecular weight is 321 g/mol. The Morgan fingerprint density at radius 3 is 2.70 bits per heavy atom. The standard InChI is InChI=1S/C18H31N3O2/c1-5-19-18(20-11-7-8-14(3)4)21-13-15-9-10-16(22)17(12-15)23-6-2/h9-10,12,14,22H,5-8,11,13H2,1-4H3,(H2,19,20,21). The van der Waals surface area contributed by atoms with Crippen molar-refractivity contribution in [3.05, 3.63) is 23.8 Å². The van der Waals surface area contributed by atoms with Crippen LogP contribution in [0.1, 0.15) is 46.1 Å². The predicted octanol–water partition coefficient (Wildman–Crippen LogP) is 3.28. The third kappa shape index (κ3) is 7.77. The highest BCUT2D eigenvalue weighted by Gasteiger charge is 2.04. The van der Waals surface area contributed by atoms with Gasteiger partial charge in [0.1, 0.15) is 0 Å². The van der Waals surface area contributed by atoms with Crippen LogP contribution in [-0.2, 0) is 6.54 Å². The number of nitrogens with one attached hydrogen (secondary N) is 2. The molecule has 0 spiro atoms. The maximum absolute atomic E-state index is 9.73. The van der Waals surface area contributed by atoms with Crippen molar-refractivity contribution in [3.8, 4) is 11.5 Å². The van der Waals surface area contributed by atoms with Crippen LogP contribution in [0.25, 0.3) is 0 Å². The minimum Gasteiger partial charge on any atom is -0.504 e. The zero-order valence-corrected chi connectivity index (χ0v) is 14.9. The number of nitrogens with zero attached hydrogens (tertiary/aromatic N) is 1. The second-order valence-electron chi connectivity index (χ2n) is 5.89. The van der Waals surface area contributed by atoms with Crippen LogP contribution in [0.3, 0.4) is 0 Å². The molecule has 0 aliphatic heterocycles. The van der Waals surface area contributed by atoms with E-state index in [-0.39, 0.29) is 5.75 Å². The second-order valence-corrected chi connectivity index (χ2v) is 5.89. The molecule has 0 aliphatic carbocycles. The number of hydrogen-bond acceptors (Lipinski definition) is 3. The SMILES string of the molecule is CCNC(=NCc1ccc(O)c(OCC)c1)NCCCC(C)C. The predicted molar refractivity (Wildman–Crippen MR) is 96.2 cm³/mol. The molecule has 0 saturated carbocycles. The van der Waals surface area contributed by atoms with Gasteiger partial charge in [-0.05, 0) is 50.3 Å². The fraction of sp³-hybridized carbons (Fsp3) is 0.611. The highest BCUT2D eigenvalue weighted by atomic mass is 16.5. The summed E-state index contributed by atoms with van der Waals surface area (Å²) >= 11 is 0. The molecule has 0 radical (unpaired) electrons. The summed E-state index contributed by atoms with van der Waals surface area (Å²) in [7, 11) is 0. The van der Waals surface area contributed by atoms with Crippen LogP contribution in [0.15, 0.2) is 23.2 Å². The highest BCUT2D eigenvalue weighted by Crippen LogP contribution is 2.27. The summed E-state index contributed by atoms with van der Waals surface area (Å²) < 4.78 is 5.40. The van der Waals surface area contributed by atoms with Gasteiger partial charge in [-0.15, -0.1) is 0 Å². The number of aromatic hydroxyl groups is 1. The van der Waals surface area contributed by atoms with Crippen molar-refractivity contribution in [1.82, 2.24) is 10.6 Å². The van der Waals surface area contributed by atoms with Gasteiger partial charge in [0, 0.05) is 13.1 Å². The molecule has 3 N–H and O–H groups in total. The van der Waals surface area contributed by atoms with Crippen LogP contribution in [0, 0.1) is 5.92 Å². The van der Waals surface area contributed by atoms with Crippen molar-refractivity contribution < 1.29 is 9.84 Å². The van der Waals surface area contributed by atoms with Gasteiger partial charge in [0.05, 0.1) is 13.2 Å². The topological polar surface area (TPSA) is 65.9 Å². The first-order chi connectivity index (χ1) is 11.1. The molecular weight excluding hydrogens is 290 g/mol. The van der Waals surface area contributed by atoms with E-state index in [1.165, 1.54) is 6.42 Å². The van der Waals surface area contributed by atoms with Gasteiger partial charge < -0.3 is 20.5 Å². The lowest BCUT2D eigenvalue weighted by molar-refractivity contribution is 0.318. The quantitative estimate of drug-likeness (QED) is 0.371. The fourth-order valence-electron chi connectivity index (χ4n) is 2.16. The van der Waals surface area contributed by atoms with Crippen molar-refractivity contribution in [2.75, 3.05) is 19.7 Å². The number of aliphatic imine (C=N–C) groups is 1. The zero-order chi connectivity index (χ0) is 17.1. The van der Waals surface area contributed by atoms with Crippen molar-refractivity contribution in [3.63, 3.8) is 0 Å². The van der Waals surface area contributed by atoms with Crippen LogP contribution in [0.5, 0.6) is 11.5 Å². The summed E-state index contributed by atoms with van der Waals surface area (Å²) in [5, 5.41) is 16.3. The van der Waals surface area contributed by atoms with Crippen LogP contribution in [0.4, 0.5) is 0 Å². The van der Waals surface area contributed by atoms with E-state index >= 15 is 0 Å². The lowest BCUT2D eigenvalue weighted by atomic mass is 10.1. The van der Waals surface area contributed by atoms with Crippen LogP contribution in [0.2, 0.25) is 0 Å². The molecule has 130 valence electrons. The number of rotatable bonds is 9. The number of phenolic OH excluding ortho intramolecular Hbond substituents is 1. The number of hydrogen-bond donors (Lipinski definition) is 3. The molecule has 0 aromatic heterocycles. The number of phenols is 1. The minimum absolute atomic E-state index is 0.165. The van der Waals surface area contributed by atoms with Gasteiger partial charge >= 0.3 is 0 Å². The fourth-order valence-corrected chi connectivity index (χ4v) is 2.16. The average Bonchev–Trinajstić information content (AvgIpc) is 2.51. The van der Waals surface area contributed by atoms with Gasteiger partial charge in [0.15, 0.2) is 17.5 Å². The molecule has 23 heavy (non-hydrogen) atoms. The summed E-state index contributed by atoms with van der Waals surface area (Å²) in [4.78, 5) is 4.59. The lowest BCUT2D eigenvalue weighted by Gasteiger charge is -2.12. The Bertz CT molecular complexity index is 487. The molecule has 0 unspecified atom stereocenters. The smallest absolute Gasteiger partial charge is 0.191 e. The van der Waals surface area contributed by atoms with Gasteiger partial charge in [-0.25, -0.2) is 4.99 Å². The first kappa shape index (κ1) is 19.1. The molecule has 0 atom stereocenters.